The van der Waals surface area contributed by atoms with Gasteiger partial charge < -0.3 is 4.74 Å². The number of ether oxygens (including phenoxy) is 1. The molecule has 1 atom stereocenters. The van der Waals surface area contributed by atoms with Gasteiger partial charge in [-0.25, -0.2) is 8.42 Å². The van der Waals surface area contributed by atoms with E-state index in [-0.39, 0.29) is 17.9 Å². The van der Waals surface area contributed by atoms with E-state index >= 15 is 0 Å². The summed E-state index contributed by atoms with van der Waals surface area (Å²) < 4.78 is 29.1. The largest absolute Gasteiger partial charge is 0.491 e. The van der Waals surface area contributed by atoms with Crippen LogP contribution in [0.25, 0.3) is 0 Å². The van der Waals surface area contributed by atoms with Crippen LogP contribution in [0.4, 0.5) is 0 Å². The Kier molecular flexibility index (Phi) is 5.50. The van der Waals surface area contributed by atoms with Crippen LogP contribution in [0.1, 0.15) is 39.2 Å². The summed E-state index contributed by atoms with van der Waals surface area (Å²) in [5.74, 6) is 1.10. The van der Waals surface area contributed by atoms with E-state index in [2.05, 4.69) is 11.0 Å². The topological polar surface area (TPSA) is 46.6 Å². The molecule has 124 valence electrons. The van der Waals surface area contributed by atoms with E-state index < -0.39 is 9.84 Å². The first-order chi connectivity index (χ1) is 10.3. The second-order valence-electron chi connectivity index (χ2n) is 6.62. The fourth-order valence-corrected chi connectivity index (χ4v) is 3.85. The van der Waals surface area contributed by atoms with Crippen molar-refractivity contribution in [3.8, 4) is 5.75 Å². The first kappa shape index (κ1) is 17.3. The van der Waals surface area contributed by atoms with Crippen molar-refractivity contribution in [2.45, 2.75) is 58.3 Å². The second kappa shape index (κ2) is 7.01. The van der Waals surface area contributed by atoms with Crippen molar-refractivity contribution in [1.29, 1.82) is 0 Å². The van der Waals surface area contributed by atoms with Gasteiger partial charge in [0.2, 0.25) is 0 Å². The van der Waals surface area contributed by atoms with Gasteiger partial charge in [0.05, 0.1) is 11.9 Å². The molecule has 0 spiro atoms. The molecule has 2 rings (SSSR count). The minimum absolute atomic E-state index is 0.0228. The van der Waals surface area contributed by atoms with Crippen LogP contribution in [-0.4, -0.2) is 43.5 Å². The van der Waals surface area contributed by atoms with E-state index in [1.54, 1.807) is 0 Å². The second-order valence-corrected chi connectivity index (χ2v) is 8.80. The van der Waals surface area contributed by atoms with Gasteiger partial charge in [-0.05, 0) is 39.7 Å². The number of benzene rings is 1. The van der Waals surface area contributed by atoms with Crippen LogP contribution in [0.15, 0.2) is 24.3 Å². The lowest BCUT2D eigenvalue weighted by Crippen LogP contribution is -2.39. The van der Waals surface area contributed by atoms with Gasteiger partial charge >= 0.3 is 0 Å². The molecule has 0 N–H and O–H groups in total. The van der Waals surface area contributed by atoms with Crippen molar-refractivity contribution >= 4 is 9.84 Å². The molecule has 22 heavy (non-hydrogen) atoms. The van der Waals surface area contributed by atoms with Gasteiger partial charge in [-0.3, -0.25) is 4.90 Å². The van der Waals surface area contributed by atoms with E-state index in [1.165, 1.54) is 6.26 Å². The number of nitrogens with zero attached hydrogens (tertiary/aromatic N) is 1. The maximum Gasteiger partial charge on any atom is 0.148 e. The average Bonchev–Trinajstić information content (AvgIpc) is 3.19. The van der Waals surface area contributed by atoms with Gasteiger partial charge in [-0.2, -0.15) is 0 Å². The summed E-state index contributed by atoms with van der Waals surface area (Å²) in [7, 11) is -2.97. The maximum atomic E-state index is 11.6. The van der Waals surface area contributed by atoms with E-state index in [0.717, 1.165) is 30.7 Å². The number of hydrogen-bond donors (Lipinski definition) is 0. The third-order valence-corrected chi connectivity index (χ3v) is 4.90. The first-order valence-corrected chi connectivity index (χ1v) is 10.0. The summed E-state index contributed by atoms with van der Waals surface area (Å²) >= 11 is 0. The fraction of sp³-hybridized carbons (Fsp3) is 0.647. The third-order valence-electron chi connectivity index (χ3n) is 3.81. The zero-order valence-corrected chi connectivity index (χ0v) is 14.8. The van der Waals surface area contributed by atoms with Crippen molar-refractivity contribution in [2.75, 3.05) is 12.0 Å². The summed E-state index contributed by atoms with van der Waals surface area (Å²) in [6.07, 6.45) is 3.75. The molecule has 1 fully saturated rings. The molecule has 1 aromatic rings. The molecule has 0 unspecified atom stereocenters. The van der Waals surface area contributed by atoms with Crippen LogP contribution >= 0.6 is 0 Å². The Morgan fingerprint density at radius 3 is 2.41 bits per heavy atom. The lowest BCUT2D eigenvalue weighted by molar-refractivity contribution is 0.193. The van der Waals surface area contributed by atoms with Crippen LogP contribution < -0.4 is 4.74 Å². The Morgan fingerprint density at radius 2 is 1.86 bits per heavy atom. The van der Waals surface area contributed by atoms with Crippen LogP contribution in [0.5, 0.6) is 5.75 Å². The minimum Gasteiger partial charge on any atom is -0.491 e. The molecule has 0 amide bonds. The standard InChI is InChI=1S/C17H27NO3S/c1-13(2)21-17-8-6-5-7-15(17)11-18(16-9-10-16)14(3)12-22(4,19)20/h5-8,13-14,16H,9-12H2,1-4H3/t14-/m0/s1. The number of rotatable bonds is 8. The zero-order valence-electron chi connectivity index (χ0n) is 14.0. The Hall–Kier alpha value is -1.07. The molecular weight excluding hydrogens is 298 g/mol. The van der Waals surface area contributed by atoms with Crippen molar-refractivity contribution in [2.24, 2.45) is 0 Å². The van der Waals surface area contributed by atoms with Crippen LogP contribution in [-0.2, 0) is 16.4 Å². The average molecular weight is 325 g/mol. The zero-order chi connectivity index (χ0) is 16.3. The van der Waals surface area contributed by atoms with Gasteiger partial charge in [-0.15, -0.1) is 0 Å². The Bertz CT molecular complexity index is 594. The first-order valence-electron chi connectivity index (χ1n) is 7.94. The van der Waals surface area contributed by atoms with Crippen molar-refractivity contribution < 1.29 is 13.2 Å². The lowest BCUT2D eigenvalue weighted by Gasteiger charge is -2.29. The van der Waals surface area contributed by atoms with E-state index in [1.807, 2.05) is 39.0 Å². The summed E-state index contributed by atoms with van der Waals surface area (Å²) in [6, 6.07) is 8.57. The molecule has 0 heterocycles. The molecule has 5 heteroatoms. The van der Waals surface area contributed by atoms with Crippen LogP contribution in [0, 0.1) is 0 Å². The SMILES string of the molecule is CC(C)Oc1ccccc1CN(C1CC1)[C@@H](C)CS(C)(=O)=O. The summed E-state index contributed by atoms with van der Waals surface area (Å²) in [5, 5.41) is 0. The summed E-state index contributed by atoms with van der Waals surface area (Å²) in [4.78, 5) is 2.31. The highest BCUT2D eigenvalue weighted by atomic mass is 32.2. The predicted octanol–water partition coefficient (Wildman–Crippen LogP) is 2.87. The van der Waals surface area contributed by atoms with E-state index in [0.29, 0.717) is 6.04 Å². The molecule has 0 aromatic heterocycles. The number of sulfone groups is 1. The van der Waals surface area contributed by atoms with Crippen LogP contribution in [0.3, 0.4) is 0 Å². The molecule has 0 aliphatic heterocycles. The van der Waals surface area contributed by atoms with E-state index in [4.69, 9.17) is 4.74 Å². The third kappa shape index (κ3) is 5.29. The van der Waals surface area contributed by atoms with Gasteiger partial charge in [0.1, 0.15) is 15.6 Å². The maximum absolute atomic E-state index is 11.6. The van der Waals surface area contributed by atoms with Crippen molar-refractivity contribution in [3.63, 3.8) is 0 Å². The van der Waals surface area contributed by atoms with Gasteiger partial charge in [0.25, 0.3) is 0 Å². The van der Waals surface area contributed by atoms with Crippen LogP contribution in [0.2, 0.25) is 0 Å². The molecule has 1 aliphatic rings. The van der Waals surface area contributed by atoms with Gasteiger partial charge in [-0.1, -0.05) is 18.2 Å². The normalized spacial score (nSPS) is 17.0. The molecule has 0 saturated heterocycles. The summed E-state index contributed by atoms with van der Waals surface area (Å²) in [6.45, 7) is 6.78. The monoisotopic (exact) mass is 325 g/mol. The molecule has 1 aliphatic carbocycles. The fourth-order valence-electron chi connectivity index (χ4n) is 2.78. The van der Waals surface area contributed by atoms with Gasteiger partial charge in [0.15, 0.2) is 0 Å². The Labute approximate surface area is 134 Å². The molecule has 1 aromatic carbocycles. The van der Waals surface area contributed by atoms with Gasteiger partial charge in [0, 0.05) is 30.4 Å². The Morgan fingerprint density at radius 1 is 1.23 bits per heavy atom. The van der Waals surface area contributed by atoms with Crippen molar-refractivity contribution in [3.05, 3.63) is 29.8 Å². The lowest BCUT2D eigenvalue weighted by atomic mass is 10.1. The summed E-state index contributed by atoms with van der Waals surface area (Å²) in [5.41, 5.74) is 1.13. The van der Waals surface area contributed by atoms with Crippen molar-refractivity contribution in [1.82, 2.24) is 4.90 Å². The number of hydrogen-bond acceptors (Lipinski definition) is 4. The molecular formula is C17H27NO3S. The molecule has 0 bridgehead atoms. The molecule has 0 radical (unpaired) electrons. The number of para-hydroxylation sites is 1. The van der Waals surface area contributed by atoms with E-state index in [9.17, 15) is 8.42 Å². The highest BCUT2D eigenvalue weighted by Gasteiger charge is 2.33. The quantitative estimate of drug-likeness (QED) is 0.737. The molecule has 4 nitrogen and oxygen atoms in total. The Balaban J connectivity index is 2.15. The predicted molar refractivity (Wildman–Crippen MR) is 89.9 cm³/mol. The smallest absolute Gasteiger partial charge is 0.148 e. The highest BCUT2D eigenvalue weighted by molar-refractivity contribution is 7.90. The molecule has 1 saturated carbocycles. The highest BCUT2D eigenvalue weighted by Crippen LogP contribution is 2.32. The minimum atomic E-state index is -2.97.